The van der Waals surface area contributed by atoms with E-state index in [1.165, 1.54) is 0 Å². The van der Waals surface area contributed by atoms with Crippen LogP contribution in [-0.2, 0) is 16.1 Å². The Bertz CT molecular complexity index is 1020. The highest BCUT2D eigenvalue weighted by molar-refractivity contribution is 5.95. The molecule has 32 heavy (non-hydrogen) atoms. The van der Waals surface area contributed by atoms with Gasteiger partial charge in [0.25, 0.3) is 0 Å². The molecule has 0 spiro atoms. The Kier molecular flexibility index (Phi) is 7.76. The molecule has 1 atom stereocenters. The summed E-state index contributed by atoms with van der Waals surface area (Å²) >= 11 is 0. The molecule has 7 nitrogen and oxygen atoms in total. The molecule has 2 N–H and O–H groups in total. The summed E-state index contributed by atoms with van der Waals surface area (Å²) < 4.78 is 17.1. The first-order valence-corrected chi connectivity index (χ1v) is 10.9. The van der Waals surface area contributed by atoms with E-state index in [-0.39, 0.29) is 12.6 Å². The van der Waals surface area contributed by atoms with Gasteiger partial charge in [-0.3, -0.25) is 0 Å². The number of aryl methyl sites for hydroxylation is 1. The van der Waals surface area contributed by atoms with Gasteiger partial charge in [0.2, 0.25) is 0 Å². The van der Waals surface area contributed by atoms with E-state index in [1.807, 2.05) is 51.1 Å². The summed E-state index contributed by atoms with van der Waals surface area (Å²) in [5.74, 6) is 0.684. The molecule has 0 saturated heterocycles. The molecule has 0 aliphatic carbocycles. The van der Waals surface area contributed by atoms with Crippen LogP contribution in [-0.4, -0.2) is 25.2 Å². The van der Waals surface area contributed by atoms with Crippen LogP contribution in [0.5, 0.6) is 11.5 Å². The van der Waals surface area contributed by atoms with Crippen molar-refractivity contribution in [3.05, 3.63) is 70.4 Å². The van der Waals surface area contributed by atoms with Crippen molar-refractivity contribution in [1.29, 1.82) is 0 Å². The maximum atomic E-state index is 12.7. The number of benzene rings is 2. The van der Waals surface area contributed by atoms with Gasteiger partial charge in [0.15, 0.2) is 11.5 Å². The zero-order valence-corrected chi connectivity index (χ0v) is 19.0. The van der Waals surface area contributed by atoms with Crippen LogP contribution in [0.15, 0.2) is 53.7 Å². The summed E-state index contributed by atoms with van der Waals surface area (Å²) in [5, 5.41) is 5.56. The number of hydrogen-bond acceptors (Lipinski definition) is 5. The monoisotopic (exact) mass is 438 g/mol. The molecule has 0 radical (unpaired) electrons. The van der Waals surface area contributed by atoms with Crippen molar-refractivity contribution in [1.82, 2.24) is 10.6 Å². The van der Waals surface area contributed by atoms with E-state index in [2.05, 4.69) is 10.6 Å². The Labute approximate surface area is 188 Å². The maximum Gasteiger partial charge on any atom is 0.338 e. The number of hydrogen-bond donors (Lipinski definition) is 2. The number of nitrogens with one attached hydrogen (secondary N) is 2. The normalized spacial score (nSPS) is 15.6. The van der Waals surface area contributed by atoms with Gasteiger partial charge in [0.1, 0.15) is 6.61 Å². The van der Waals surface area contributed by atoms with E-state index >= 15 is 0 Å². The summed E-state index contributed by atoms with van der Waals surface area (Å²) in [5.41, 5.74) is 3.89. The van der Waals surface area contributed by atoms with Crippen molar-refractivity contribution in [3.8, 4) is 11.5 Å². The molecule has 1 heterocycles. The third-order valence-electron chi connectivity index (χ3n) is 5.25. The first kappa shape index (κ1) is 23.2. The first-order chi connectivity index (χ1) is 15.5. The molecule has 0 aromatic heterocycles. The van der Waals surface area contributed by atoms with Crippen LogP contribution in [0.1, 0.15) is 49.9 Å². The fourth-order valence-electron chi connectivity index (χ4n) is 3.62. The number of carbonyl (C=O) groups is 2. The lowest BCUT2D eigenvalue weighted by Crippen LogP contribution is -2.45. The first-order valence-electron chi connectivity index (χ1n) is 10.9. The summed E-state index contributed by atoms with van der Waals surface area (Å²) in [6.45, 7) is 8.67. The van der Waals surface area contributed by atoms with Gasteiger partial charge in [-0.2, -0.15) is 0 Å². The largest absolute Gasteiger partial charge is 0.490 e. The van der Waals surface area contributed by atoms with Gasteiger partial charge in [-0.1, -0.05) is 37.3 Å². The van der Waals surface area contributed by atoms with E-state index in [9.17, 15) is 9.59 Å². The lowest BCUT2D eigenvalue weighted by atomic mass is 9.94. The van der Waals surface area contributed by atoms with Crippen molar-refractivity contribution in [2.24, 2.45) is 0 Å². The number of urea groups is 1. The minimum Gasteiger partial charge on any atom is -0.490 e. The van der Waals surface area contributed by atoms with Crippen molar-refractivity contribution in [2.45, 2.75) is 46.8 Å². The number of esters is 1. The van der Waals surface area contributed by atoms with E-state index in [4.69, 9.17) is 14.2 Å². The Hall–Kier alpha value is -3.48. The summed E-state index contributed by atoms with van der Waals surface area (Å²) in [4.78, 5) is 24.9. The van der Waals surface area contributed by atoms with Crippen molar-refractivity contribution < 1.29 is 23.8 Å². The van der Waals surface area contributed by atoms with Crippen molar-refractivity contribution in [2.75, 3.05) is 13.2 Å². The second-order valence-corrected chi connectivity index (χ2v) is 7.35. The smallest absolute Gasteiger partial charge is 0.338 e. The van der Waals surface area contributed by atoms with Crippen LogP contribution in [0.4, 0.5) is 4.79 Å². The third-order valence-corrected chi connectivity index (χ3v) is 5.25. The highest BCUT2D eigenvalue weighted by Gasteiger charge is 2.33. The molecule has 1 aliphatic heterocycles. The molecule has 2 amide bonds. The molecule has 0 saturated carbocycles. The summed E-state index contributed by atoms with van der Waals surface area (Å²) in [6, 6.07) is 12.5. The average molecular weight is 439 g/mol. The van der Waals surface area contributed by atoms with E-state index in [1.54, 1.807) is 19.1 Å². The van der Waals surface area contributed by atoms with Gasteiger partial charge < -0.3 is 24.8 Å². The molecule has 3 rings (SSSR count). The van der Waals surface area contributed by atoms with Gasteiger partial charge in [0.05, 0.1) is 24.8 Å². The fraction of sp³-hybridized carbons (Fsp3) is 0.360. The Morgan fingerprint density at radius 3 is 2.47 bits per heavy atom. The zero-order chi connectivity index (χ0) is 23.1. The molecule has 1 aliphatic rings. The molecular weight excluding hydrogens is 408 g/mol. The van der Waals surface area contributed by atoms with Crippen molar-refractivity contribution >= 4 is 12.0 Å². The minimum atomic E-state index is -0.651. The lowest BCUT2D eigenvalue weighted by molar-refractivity contribution is -0.139. The van der Waals surface area contributed by atoms with Gasteiger partial charge >= 0.3 is 12.0 Å². The van der Waals surface area contributed by atoms with E-state index in [0.717, 1.165) is 11.1 Å². The zero-order valence-electron chi connectivity index (χ0n) is 19.0. The maximum absolute atomic E-state index is 12.7. The predicted molar refractivity (Wildman–Crippen MR) is 121 cm³/mol. The number of amides is 2. The number of ether oxygens (including phenoxy) is 3. The molecule has 2 aromatic carbocycles. The van der Waals surface area contributed by atoms with Gasteiger partial charge in [-0.15, -0.1) is 0 Å². The second kappa shape index (κ2) is 10.7. The molecule has 7 heteroatoms. The molecular formula is C25H30N2O5. The van der Waals surface area contributed by atoms with Crippen LogP contribution < -0.4 is 20.1 Å². The standard InChI is InChI=1S/C25H30N2O5/c1-5-19-22(24(28)31-7-3)23(27-25(29)26-19)17-12-13-20(21(14-17)30-6-2)32-15-18-11-9-8-10-16(18)4/h8-14,23H,5-7,15H2,1-4H3,(H2,26,27,29). The Morgan fingerprint density at radius 1 is 1.00 bits per heavy atom. The highest BCUT2D eigenvalue weighted by atomic mass is 16.5. The van der Waals surface area contributed by atoms with Gasteiger partial charge in [0, 0.05) is 5.70 Å². The van der Waals surface area contributed by atoms with Crippen LogP contribution in [0.25, 0.3) is 0 Å². The number of rotatable bonds is 9. The molecule has 2 aromatic rings. The van der Waals surface area contributed by atoms with E-state index < -0.39 is 12.0 Å². The van der Waals surface area contributed by atoms with Crippen molar-refractivity contribution in [3.63, 3.8) is 0 Å². The summed E-state index contributed by atoms with van der Waals surface area (Å²) in [6.07, 6.45) is 0.494. The molecule has 1 unspecified atom stereocenters. The van der Waals surface area contributed by atoms with Crippen LogP contribution in [0.3, 0.4) is 0 Å². The Balaban J connectivity index is 1.94. The van der Waals surface area contributed by atoms with Crippen LogP contribution in [0.2, 0.25) is 0 Å². The van der Waals surface area contributed by atoms with Crippen LogP contribution >= 0.6 is 0 Å². The Morgan fingerprint density at radius 2 is 1.78 bits per heavy atom. The summed E-state index contributed by atoms with van der Waals surface area (Å²) in [7, 11) is 0. The molecule has 170 valence electrons. The number of allylic oxidation sites excluding steroid dienone is 1. The predicted octanol–water partition coefficient (Wildman–Crippen LogP) is 4.55. The van der Waals surface area contributed by atoms with Gasteiger partial charge in [-0.05, 0) is 56.0 Å². The topological polar surface area (TPSA) is 85.9 Å². The minimum absolute atomic E-state index is 0.246. The fourth-order valence-corrected chi connectivity index (χ4v) is 3.62. The number of carbonyl (C=O) groups excluding carboxylic acids is 2. The highest BCUT2D eigenvalue weighted by Crippen LogP contribution is 2.35. The quantitative estimate of drug-likeness (QED) is 0.561. The van der Waals surface area contributed by atoms with Crippen LogP contribution in [0, 0.1) is 6.92 Å². The lowest BCUT2D eigenvalue weighted by Gasteiger charge is -2.29. The van der Waals surface area contributed by atoms with Gasteiger partial charge in [-0.25, -0.2) is 9.59 Å². The third kappa shape index (κ3) is 5.22. The SMILES string of the molecule is CCOC(=O)C1=C(CC)NC(=O)NC1c1ccc(OCc2ccccc2C)c(OCC)c1. The second-order valence-electron chi connectivity index (χ2n) is 7.35. The molecule has 0 fully saturated rings. The average Bonchev–Trinajstić information content (AvgIpc) is 2.78. The van der Waals surface area contributed by atoms with E-state index in [0.29, 0.717) is 48.0 Å². The molecule has 0 bridgehead atoms.